The highest BCUT2D eigenvalue weighted by molar-refractivity contribution is 7.17. The van der Waals surface area contributed by atoms with Crippen molar-refractivity contribution in [1.29, 1.82) is 0 Å². The molecule has 0 radical (unpaired) electrons. The molecular weight excluding hydrogens is 346 g/mol. The van der Waals surface area contributed by atoms with Gasteiger partial charge in [0.1, 0.15) is 11.4 Å². The second kappa shape index (κ2) is 7.41. The Bertz CT molecular complexity index is 1020. The van der Waals surface area contributed by atoms with E-state index < -0.39 is 0 Å². The molecule has 2 aromatic heterocycles. The van der Waals surface area contributed by atoms with E-state index in [9.17, 15) is 9.59 Å². The van der Waals surface area contributed by atoms with Gasteiger partial charge in [0.25, 0.3) is 5.56 Å². The van der Waals surface area contributed by atoms with Gasteiger partial charge in [-0.05, 0) is 38.8 Å². The van der Waals surface area contributed by atoms with E-state index in [1.807, 2.05) is 38.3 Å². The molecule has 1 amide bonds. The number of amides is 1. The van der Waals surface area contributed by atoms with Crippen LogP contribution in [0.3, 0.4) is 0 Å². The van der Waals surface area contributed by atoms with E-state index >= 15 is 0 Å². The largest absolute Gasteiger partial charge is 0.342 e. The van der Waals surface area contributed by atoms with Gasteiger partial charge in [-0.15, -0.1) is 11.3 Å². The van der Waals surface area contributed by atoms with Crippen LogP contribution in [-0.2, 0) is 11.3 Å². The van der Waals surface area contributed by atoms with Crippen LogP contribution in [0.5, 0.6) is 0 Å². The maximum absolute atomic E-state index is 13.1. The van der Waals surface area contributed by atoms with Crippen LogP contribution in [0.4, 0.5) is 0 Å². The van der Waals surface area contributed by atoms with Crippen LogP contribution in [0, 0.1) is 13.8 Å². The molecule has 2 heterocycles. The van der Waals surface area contributed by atoms with Gasteiger partial charge in [-0.1, -0.05) is 23.8 Å². The highest BCUT2D eigenvalue weighted by Gasteiger charge is 2.17. The molecule has 0 bridgehead atoms. The van der Waals surface area contributed by atoms with Crippen LogP contribution < -0.4 is 5.56 Å². The third-order valence-corrected chi connectivity index (χ3v) is 5.54. The fourth-order valence-electron chi connectivity index (χ4n) is 3.22. The van der Waals surface area contributed by atoms with E-state index in [0.717, 1.165) is 16.7 Å². The number of carbonyl (C=O) groups is 1. The maximum atomic E-state index is 13.1. The lowest BCUT2D eigenvalue weighted by Crippen LogP contribution is -2.36. The Morgan fingerprint density at radius 1 is 1.19 bits per heavy atom. The van der Waals surface area contributed by atoms with Crippen molar-refractivity contribution in [3.63, 3.8) is 0 Å². The molecule has 0 aliphatic rings. The molecule has 0 spiro atoms. The minimum absolute atomic E-state index is 0.0195. The molecule has 5 nitrogen and oxygen atoms in total. The second-order valence-electron chi connectivity index (χ2n) is 6.39. The average molecular weight is 369 g/mol. The molecule has 0 atom stereocenters. The Hall–Kier alpha value is -2.47. The lowest BCUT2D eigenvalue weighted by atomic mass is 9.99. The smallest absolute Gasteiger partial charge is 0.263 e. The van der Waals surface area contributed by atoms with E-state index in [4.69, 9.17) is 0 Å². The maximum Gasteiger partial charge on any atom is 0.263 e. The molecule has 3 aromatic rings. The molecule has 0 fully saturated rings. The monoisotopic (exact) mass is 369 g/mol. The summed E-state index contributed by atoms with van der Waals surface area (Å²) in [6.45, 7) is 9.25. The van der Waals surface area contributed by atoms with Gasteiger partial charge in [0.15, 0.2) is 0 Å². The van der Waals surface area contributed by atoms with Gasteiger partial charge in [-0.2, -0.15) is 0 Å². The summed E-state index contributed by atoms with van der Waals surface area (Å²) in [6, 6.07) is 6.20. The Kier molecular flexibility index (Phi) is 5.23. The number of nitrogens with zero attached hydrogens (tertiary/aromatic N) is 3. The number of hydrogen-bond acceptors (Lipinski definition) is 4. The van der Waals surface area contributed by atoms with Crippen molar-refractivity contribution in [2.24, 2.45) is 0 Å². The Labute approximate surface area is 156 Å². The number of aryl methyl sites for hydroxylation is 2. The first-order chi connectivity index (χ1) is 12.5. The molecule has 6 heteroatoms. The number of thiophene rings is 1. The summed E-state index contributed by atoms with van der Waals surface area (Å²) in [5.41, 5.74) is 4.08. The molecule has 26 heavy (non-hydrogen) atoms. The Morgan fingerprint density at radius 3 is 2.58 bits per heavy atom. The normalized spacial score (nSPS) is 11.1. The number of carbonyl (C=O) groups excluding carboxylic acids is 1. The Balaban J connectivity index is 2.09. The summed E-state index contributed by atoms with van der Waals surface area (Å²) in [6.07, 6.45) is 1.48. The molecule has 3 rings (SSSR count). The molecule has 1 aromatic carbocycles. The first kappa shape index (κ1) is 18.3. The van der Waals surface area contributed by atoms with Gasteiger partial charge in [0.05, 0.1) is 11.7 Å². The van der Waals surface area contributed by atoms with Gasteiger partial charge in [0, 0.05) is 24.0 Å². The van der Waals surface area contributed by atoms with E-state index in [2.05, 4.69) is 18.0 Å². The molecule has 0 unspecified atom stereocenters. The van der Waals surface area contributed by atoms with E-state index in [1.165, 1.54) is 27.8 Å². The van der Waals surface area contributed by atoms with Crippen LogP contribution in [0.25, 0.3) is 21.3 Å². The van der Waals surface area contributed by atoms with Gasteiger partial charge in [0.2, 0.25) is 5.91 Å². The first-order valence-electron chi connectivity index (χ1n) is 8.78. The number of fused-ring (bicyclic) bond motifs is 1. The molecule has 0 saturated carbocycles. The lowest BCUT2D eigenvalue weighted by Gasteiger charge is -2.19. The van der Waals surface area contributed by atoms with E-state index in [-0.39, 0.29) is 18.0 Å². The summed E-state index contributed by atoms with van der Waals surface area (Å²) >= 11 is 1.46. The van der Waals surface area contributed by atoms with Crippen molar-refractivity contribution in [3.05, 3.63) is 51.4 Å². The highest BCUT2D eigenvalue weighted by atomic mass is 32.1. The molecular formula is C20H23N3O2S. The van der Waals surface area contributed by atoms with Crippen LogP contribution in [0.1, 0.15) is 25.0 Å². The fraction of sp³-hybridized carbons (Fsp3) is 0.350. The topological polar surface area (TPSA) is 55.2 Å². The predicted octanol–water partition coefficient (Wildman–Crippen LogP) is 3.61. The van der Waals surface area contributed by atoms with Crippen molar-refractivity contribution >= 4 is 27.5 Å². The van der Waals surface area contributed by atoms with E-state index in [0.29, 0.717) is 23.3 Å². The van der Waals surface area contributed by atoms with Crippen LogP contribution in [-0.4, -0.2) is 33.4 Å². The van der Waals surface area contributed by atoms with Crippen molar-refractivity contribution < 1.29 is 4.79 Å². The molecule has 0 aliphatic heterocycles. The van der Waals surface area contributed by atoms with E-state index in [1.54, 1.807) is 4.90 Å². The quantitative estimate of drug-likeness (QED) is 0.690. The number of rotatable bonds is 5. The summed E-state index contributed by atoms with van der Waals surface area (Å²) < 4.78 is 1.42. The highest BCUT2D eigenvalue weighted by Crippen LogP contribution is 2.32. The zero-order valence-corrected chi connectivity index (χ0v) is 16.4. The minimum atomic E-state index is -0.160. The van der Waals surface area contributed by atoms with Gasteiger partial charge in [-0.3, -0.25) is 14.2 Å². The number of hydrogen-bond donors (Lipinski definition) is 0. The summed E-state index contributed by atoms with van der Waals surface area (Å²) in [4.78, 5) is 32.3. The lowest BCUT2D eigenvalue weighted by molar-refractivity contribution is -0.131. The van der Waals surface area contributed by atoms with Gasteiger partial charge < -0.3 is 4.90 Å². The SMILES string of the molecule is CCN(CC)C(=O)Cn1cnc2scc(-c3ccc(C)cc3C)c2c1=O. The minimum Gasteiger partial charge on any atom is -0.342 e. The average Bonchev–Trinajstić information content (AvgIpc) is 3.03. The van der Waals surface area contributed by atoms with Crippen LogP contribution in [0.15, 0.2) is 34.7 Å². The fourth-order valence-corrected chi connectivity index (χ4v) is 4.11. The Morgan fingerprint density at radius 2 is 1.92 bits per heavy atom. The predicted molar refractivity (Wildman–Crippen MR) is 107 cm³/mol. The molecule has 0 N–H and O–H groups in total. The van der Waals surface area contributed by atoms with Crippen molar-refractivity contribution in [3.8, 4) is 11.1 Å². The van der Waals surface area contributed by atoms with Crippen molar-refractivity contribution in [2.75, 3.05) is 13.1 Å². The first-order valence-corrected chi connectivity index (χ1v) is 9.66. The molecule has 0 saturated heterocycles. The van der Waals surface area contributed by atoms with Crippen molar-refractivity contribution in [2.45, 2.75) is 34.2 Å². The third kappa shape index (κ3) is 3.29. The molecule has 0 aliphatic carbocycles. The number of aromatic nitrogens is 2. The number of likely N-dealkylation sites (N-methyl/N-ethyl adjacent to an activating group) is 1. The van der Waals surface area contributed by atoms with Crippen LogP contribution >= 0.6 is 11.3 Å². The zero-order chi connectivity index (χ0) is 18.8. The second-order valence-corrected chi connectivity index (χ2v) is 7.25. The standard InChI is InChI=1S/C20H23N3O2S/c1-5-22(6-2)17(24)10-23-12-21-19-18(20(23)25)16(11-26-19)15-8-7-13(3)9-14(15)4/h7-9,11-12H,5-6,10H2,1-4H3. The van der Waals surface area contributed by atoms with Gasteiger partial charge >= 0.3 is 0 Å². The summed E-state index contributed by atoms with van der Waals surface area (Å²) in [7, 11) is 0. The summed E-state index contributed by atoms with van der Waals surface area (Å²) in [5.74, 6) is -0.0680. The molecule has 136 valence electrons. The summed E-state index contributed by atoms with van der Waals surface area (Å²) in [5, 5.41) is 2.57. The third-order valence-electron chi connectivity index (χ3n) is 4.65. The van der Waals surface area contributed by atoms with Crippen molar-refractivity contribution in [1.82, 2.24) is 14.5 Å². The zero-order valence-electron chi connectivity index (χ0n) is 15.6. The number of benzene rings is 1. The van der Waals surface area contributed by atoms with Crippen LogP contribution in [0.2, 0.25) is 0 Å². The van der Waals surface area contributed by atoms with Gasteiger partial charge in [-0.25, -0.2) is 4.98 Å².